The summed E-state index contributed by atoms with van der Waals surface area (Å²) in [6.07, 6.45) is 0. The summed E-state index contributed by atoms with van der Waals surface area (Å²) in [6.45, 7) is 0. The summed E-state index contributed by atoms with van der Waals surface area (Å²) in [4.78, 5) is 11.9. The molecule has 2 rings (SSSR count). The minimum atomic E-state index is -0.633. The van der Waals surface area contributed by atoms with Crippen molar-refractivity contribution in [1.29, 1.82) is 0 Å². The third kappa shape index (κ3) is 2.60. The Bertz CT molecular complexity index is 601. The number of nitrogen functional groups attached to an aromatic ring is 1. The number of amides is 1. The molecule has 0 aromatic heterocycles. The van der Waals surface area contributed by atoms with Crippen LogP contribution in [0.25, 0.3) is 0 Å². The van der Waals surface area contributed by atoms with Gasteiger partial charge in [0.25, 0.3) is 5.91 Å². The Labute approximate surface area is 108 Å². The van der Waals surface area contributed by atoms with E-state index in [4.69, 9.17) is 17.3 Å². The van der Waals surface area contributed by atoms with Crippen LogP contribution in [-0.2, 0) is 0 Å². The third-order valence-electron chi connectivity index (χ3n) is 2.38. The number of halogens is 2. The SMILES string of the molecule is Nc1ccccc1NC(=O)c1cc(Cl)ccc1F. The van der Waals surface area contributed by atoms with Crippen LogP contribution in [0.2, 0.25) is 5.02 Å². The molecule has 2 aromatic carbocycles. The molecular weight excluding hydrogens is 255 g/mol. The van der Waals surface area contributed by atoms with Crippen molar-refractivity contribution in [2.24, 2.45) is 0 Å². The second kappa shape index (κ2) is 5.06. The van der Waals surface area contributed by atoms with Crippen molar-refractivity contribution in [2.75, 3.05) is 11.1 Å². The van der Waals surface area contributed by atoms with Crippen molar-refractivity contribution in [3.8, 4) is 0 Å². The molecule has 92 valence electrons. The van der Waals surface area contributed by atoms with Crippen molar-refractivity contribution in [3.05, 3.63) is 58.9 Å². The zero-order valence-corrected chi connectivity index (χ0v) is 10.0. The van der Waals surface area contributed by atoms with Gasteiger partial charge >= 0.3 is 0 Å². The van der Waals surface area contributed by atoms with Crippen molar-refractivity contribution in [3.63, 3.8) is 0 Å². The van der Waals surface area contributed by atoms with Crippen LogP contribution in [0.4, 0.5) is 15.8 Å². The van der Waals surface area contributed by atoms with E-state index in [1.807, 2.05) is 0 Å². The molecule has 0 fully saturated rings. The normalized spacial score (nSPS) is 10.1. The number of nitrogens with two attached hydrogens (primary N) is 1. The van der Waals surface area contributed by atoms with Crippen molar-refractivity contribution < 1.29 is 9.18 Å². The van der Waals surface area contributed by atoms with Crippen LogP contribution in [0, 0.1) is 5.82 Å². The first-order chi connectivity index (χ1) is 8.58. The van der Waals surface area contributed by atoms with Crippen molar-refractivity contribution >= 4 is 28.9 Å². The first-order valence-electron chi connectivity index (χ1n) is 5.19. The molecule has 3 nitrogen and oxygen atoms in total. The minimum Gasteiger partial charge on any atom is -0.397 e. The van der Waals surface area contributed by atoms with Crippen molar-refractivity contribution in [1.82, 2.24) is 0 Å². The van der Waals surface area contributed by atoms with Gasteiger partial charge in [-0.15, -0.1) is 0 Å². The molecule has 18 heavy (non-hydrogen) atoms. The van der Waals surface area contributed by atoms with E-state index in [0.29, 0.717) is 16.4 Å². The Kier molecular flexibility index (Phi) is 3.48. The number of anilines is 2. The van der Waals surface area contributed by atoms with Crippen LogP contribution in [0.15, 0.2) is 42.5 Å². The lowest BCUT2D eigenvalue weighted by Crippen LogP contribution is -2.14. The molecule has 0 saturated heterocycles. The topological polar surface area (TPSA) is 55.1 Å². The summed E-state index contributed by atoms with van der Waals surface area (Å²) >= 11 is 5.72. The summed E-state index contributed by atoms with van der Waals surface area (Å²) in [5, 5.41) is 2.83. The molecule has 2 aromatic rings. The lowest BCUT2D eigenvalue weighted by atomic mass is 10.2. The van der Waals surface area contributed by atoms with E-state index in [0.717, 1.165) is 6.07 Å². The van der Waals surface area contributed by atoms with E-state index in [1.54, 1.807) is 24.3 Å². The van der Waals surface area contributed by atoms with Gasteiger partial charge in [0.2, 0.25) is 0 Å². The van der Waals surface area contributed by atoms with E-state index in [2.05, 4.69) is 5.32 Å². The maximum atomic E-state index is 13.5. The Hall–Kier alpha value is -2.07. The quantitative estimate of drug-likeness (QED) is 0.818. The summed E-state index contributed by atoms with van der Waals surface area (Å²) in [5.41, 5.74) is 6.40. The van der Waals surface area contributed by atoms with Crippen LogP contribution in [0.1, 0.15) is 10.4 Å². The van der Waals surface area contributed by atoms with Gasteiger partial charge in [-0.25, -0.2) is 4.39 Å². The standard InChI is InChI=1S/C13H10ClFN2O/c14-8-5-6-10(15)9(7-8)13(18)17-12-4-2-1-3-11(12)16/h1-7H,16H2,(H,17,18). The molecule has 0 aliphatic rings. The molecule has 0 atom stereocenters. The van der Waals surface area contributed by atoms with E-state index in [1.165, 1.54) is 12.1 Å². The van der Waals surface area contributed by atoms with Gasteiger partial charge in [0, 0.05) is 5.02 Å². The van der Waals surface area contributed by atoms with Crippen LogP contribution in [0.3, 0.4) is 0 Å². The van der Waals surface area contributed by atoms with Gasteiger partial charge in [-0.2, -0.15) is 0 Å². The highest BCUT2D eigenvalue weighted by molar-refractivity contribution is 6.31. The third-order valence-corrected chi connectivity index (χ3v) is 2.62. The number of carbonyl (C=O) groups is 1. The highest BCUT2D eigenvalue weighted by Gasteiger charge is 2.13. The van der Waals surface area contributed by atoms with Crippen LogP contribution < -0.4 is 11.1 Å². The predicted molar refractivity (Wildman–Crippen MR) is 70.2 cm³/mol. The minimum absolute atomic E-state index is 0.120. The second-order valence-corrected chi connectivity index (χ2v) is 4.10. The van der Waals surface area contributed by atoms with Gasteiger partial charge < -0.3 is 11.1 Å². The van der Waals surface area contributed by atoms with Gasteiger partial charge in [-0.3, -0.25) is 4.79 Å². The number of hydrogen-bond acceptors (Lipinski definition) is 2. The van der Waals surface area contributed by atoms with Crippen LogP contribution in [-0.4, -0.2) is 5.91 Å². The van der Waals surface area contributed by atoms with E-state index >= 15 is 0 Å². The molecule has 0 aliphatic carbocycles. The van der Waals surface area contributed by atoms with Crippen molar-refractivity contribution in [2.45, 2.75) is 0 Å². The Morgan fingerprint density at radius 2 is 1.94 bits per heavy atom. The molecule has 1 amide bonds. The molecule has 0 spiro atoms. The van der Waals surface area contributed by atoms with Crippen LogP contribution >= 0.6 is 11.6 Å². The maximum Gasteiger partial charge on any atom is 0.258 e. The average Bonchev–Trinajstić information content (AvgIpc) is 2.35. The summed E-state index contributed by atoms with van der Waals surface area (Å²) in [7, 11) is 0. The Morgan fingerprint density at radius 3 is 2.67 bits per heavy atom. The maximum absolute atomic E-state index is 13.5. The first kappa shape index (κ1) is 12.4. The number of hydrogen-bond donors (Lipinski definition) is 2. The second-order valence-electron chi connectivity index (χ2n) is 3.67. The molecule has 0 saturated carbocycles. The highest BCUT2D eigenvalue weighted by atomic mass is 35.5. The van der Waals surface area contributed by atoms with E-state index in [9.17, 15) is 9.18 Å². The molecule has 0 bridgehead atoms. The first-order valence-corrected chi connectivity index (χ1v) is 5.56. The highest BCUT2D eigenvalue weighted by Crippen LogP contribution is 2.20. The van der Waals surface area contributed by atoms with E-state index < -0.39 is 11.7 Å². The number of para-hydroxylation sites is 2. The Morgan fingerprint density at radius 1 is 1.22 bits per heavy atom. The molecule has 0 aliphatic heterocycles. The fourth-order valence-electron chi connectivity index (χ4n) is 1.47. The van der Waals surface area contributed by atoms with Gasteiger partial charge in [-0.1, -0.05) is 23.7 Å². The molecular formula is C13H10ClFN2O. The number of benzene rings is 2. The largest absolute Gasteiger partial charge is 0.397 e. The zero-order chi connectivity index (χ0) is 13.1. The van der Waals surface area contributed by atoms with Gasteiger partial charge in [0.05, 0.1) is 16.9 Å². The Balaban J connectivity index is 2.28. The number of rotatable bonds is 2. The van der Waals surface area contributed by atoms with Gasteiger partial charge in [0.1, 0.15) is 5.82 Å². The molecule has 3 N–H and O–H groups in total. The summed E-state index contributed by atoms with van der Waals surface area (Å²) < 4.78 is 13.5. The molecule has 0 heterocycles. The van der Waals surface area contributed by atoms with Gasteiger partial charge in [-0.05, 0) is 30.3 Å². The molecule has 5 heteroatoms. The zero-order valence-electron chi connectivity index (χ0n) is 9.28. The fraction of sp³-hybridized carbons (Fsp3) is 0. The lowest BCUT2D eigenvalue weighted by Gasteiger charge is -2.08. The number of nitrogens with one attached hydrogen (secondary N) is 1. The fourth-order valence-corrected chi connectivity index (χ4v) is 1.64. The smallest absolute Gasteiger partial charge is 0.258 e. The summed E-state index contributed by atoms with van der Waals surface area (Å²) in [5.74, 6) is -1.22. The summed E-state index contributed by atoms with van der Waals surface area (Å²) in [6, 6.07) is 10.5. The molecule has 0 unspecified atom stereocenters. The monoisotopic (exact) mass is 264 g/mol. The van der Waals surface area contributed by atoms with Gasteiger partial charge in [0.15, 0.2) is 0 Å². The molecule has 0 radical (unpaired) electrons. The average molecular weight is 265 g/mol. The van der Waals surface area contributed by atoms with Crippen LogP contribution in [0.5, 0.6) is 0 Å². The number of carbonyl (C=O) groups excluding carboxylic acids is 1. The lowest BCUT2D eigenvalue weighted by molar-refractivity contribution is 0.102. The predicted octanol–water partition coefficient (Wildman–Crippen LogP) is 3.31. The van der Waals surface area contributed by atoms with E-state index in [-0.39, 0.29) is 5.56 Å².